The quantitative estimate of drug-likeness (QED) is 0.789. The van der Waals surface area contributed by atoms with Crippen molar-refractivity contribution in [3.05, 3.63) is 41.6 Å². The number of hydrogen-bond donors (Lipinski definition) is 0. The first-order valence-electron chi connectivity index (χ1n) is 8.23. The lowest BCUT2D eigenvalue weighted by Crippen LogP contribution is -2.59. The number of urea groups is 1. The number of hydrogen-bond acceptors (Lipinski definition) is 4. The average Bonchev–Trinajstić information content (AvgIpc) is 2.64. The van der Waals surface area contributed by atoms with Crippen molar-refractivity contribution in [2.75, 3.05) is 14.1 Å². The van der Waals surface area contributed by atoms with Crippen LogP contribution in [0.25, 0.3) is 0 Å². The minimum absolute atomic E-state index is 0.0791. The van der Waals surface area contributed by atoms with Crippen LogP contribution in [0.15, 0.2) is 46.0 Å². The molecule has 0 saturated carbocycles. The molecule has 142 valence electrons. The molecule has 6 nitrogen and oxygen atoms in total. The smallest absolute Gasteiger partial charge is 0.284 e. The first kappa shape index (κ1) is 18.8. The summed E-state index contributed by atoms with van der Waals surface area (Å²) in [7, 11) is 2.84. The van der Waals surface area contributed by atoms with Gasteiger partial charge < -0.3 is 0 Å². The molecule has 0 bridgehead atoms. The summed E-state index contributed by atoms with van der Waals surface area (Å²) in [5.74, 6) is -1.24. The predicted octanol–water partition coefficient (Wildman–Crippen LogP) is 3.62. The van der Waals surface area contributed by atoms with Gasteiger partial charge in [0.05, 0.1) is 17.0 Å². The summed E-state index contributed by atoms with van der Waals surface area (Å²) >= 11 is 0. The van der Waals surface area contributed by atoms with Crippen LogP contribution in [0, 0.1) is 5.92 Å². The van der Waals surface area contributed by atoms with Gasteiger partial charge in [0.1, 0.15) is 11.8 Å². The van der Waals surface area contributed by atoms with Crippen molar-refractivity contribution in [3.8, 4) is 0 Å². The first-order chi connectivity index (χ1) is 12.6. The molecular weight excluding hydrogens is 361 g/mol. The van der Waals surface area contributed by atoms with Gasteiger partial charge in [0.25, 0.3) is 0 Å². The number of rotatable bonds is 2. The third-order valence-corrected chi connectivity index (χ3v) is 4.51. The monoisotopic (exact) mass is 378 g/mol. The molecule has 1 unspecified atom stereocenters. The summed E-state index contributed by atoms with van der Waals surface area (Å²) in [5, 5.41) is 0. The van der Waals surface area contributed by atoms with E-state index in [1.165, 1.54) is 37.3 Å². The molecule has 1 aromatic rings. The van der Waals surface area contributed by atoms with Gasteiger partial charge in [-0.15, -0.1) is 0 Å². The summed E-state index contributed by atoms with van der Waals surface area (Å²) in [4.78, 5) is 35.6. The zero-order valence-electron chi connectivity index (χ0n) is 14.9. The number of imide groups is 1. The molecule has 0 N–H and O–H groups in total. The molecule has 1 fully saturated rings. The average molecular weight is 378 g/mol. The third-order valence-electron chi connectivity index (χ3n) is 4.51. The van der Waals surface area contributed by atoms with Crippen LogP contribution >= 0.6 is 0 Å². The normalized spacial score (nSPS) is 22.0. The summed E-state index contributed by atoms with van der Waals surface area (Å²) < 4.78 is 38.9. The molecule has 1 saturated heterocycles. The molecule has 1 aromatic carbocycles. The van der Waals surface area contributed by atoms with Crippen LogP contribution in [0.3, 0.4) is 0 Å². The van der Waals surface area contributed by atoms with Gasteiger partial charge in [-0.25, -0.2) is 9.79 Å². The van der Waals surface area contributed by atoms with E-state index >= 15 is 0 Å². The fourth-order valence-electron chi connectivity index (χ4n) is 3.01. The van der Waals surface area contributed by atoms with Crippen LogP contribution in [-0.2, 0) is 11.0 Å². The number of amidine groups is 1. The number of alkyl halides is 3. The number of carbonyl (C=O) groups is 2. The van der Waals surface area contributed by atoms with E-state index in [1.807, 2.05) is 6.92 Å². The largest absolute Gasteiger partial charge is 0.416 e. The Morgan fingerprint density at radius 2 is 1.89 bits per heavy atom. The van der Waals surface area contributed by atoms with Crippen LogP contribution in [0.1, 0.15) is 18.9 Å². The zero-order valence-corrected chi connectivity index (χ0v) is 14.9. The van der Waals surface area contributed by atoms with Crippen molar-refractivity contribution in [2.24, 2.45) is 15.9 Å². The van der Waals surface area contributed by atoms with Crippen molar-refractivity contribution in [1.82, 2.24) is 9.80 Å². The molecule has 2 heterocycles. The first-order valence-corrected chi connectivity index (χ1v) is 8.23. The summed E-state index contributed by atoms with van der Waals surface area (Å²) in [6.07, 6.45) is -2.51. The van der Waals surface area contributed by atoms with Crippen LogP contribution in [0.5, 0.6) is 0 Å². The zero-order chi connectivity index (χ0) is 19.9. The third kappa shape index (κ3) is 3.24. The number of aliphatic imine (C=N–C) groups is 2. The van der Waals surface area contributed by atoms with Crippen LogP contribution in [0.4, 0.5) is 23.7 Å². The van der Waals surface area contributed by atoms with Crippen molar-refractivity contribution in [1.29, 1.82) is 0 Å². The molecule has 27 heavy (non-hydrogen) atoms. The van der Waals surface area contributed by atoms with E-state index in [-0.39, 0.29) is 11.5 Å². The molecule has 9 heteroatoms. The number of fused-ring (bicyclic) bond motifs is 1. The highest BCUT2D eigenvalue weighted by atomic mass is 19.4. The highest BCUT2D eigenvalue weighted by Crippen LogP contribution is 2.33. The maximum absolute atomic E-state index is 13.0. The standard InChI is InChI=1S/C18H17F3N4O2/c1-4-10-9-22-15-13(16(26)25(3)17(27)24(15)2)14(10)23-12-7-5-6-11(8-12)18(19,20)21/h5-9,13H,4H2,1-3H3. The van der Waals surface area contributed by atoms with Gasteiger partial charge >= 0.3 is 12.2 Å². The second-order valence-electron chi connectivity index (χ2n) is 6.21. The Balaban J connectivity index is 2.12. The Morgan fingerprint density at radius 3 is 2.52 bits per heavy atom. The molecular formula is C18H17F3N4O2. The minimum atomic E-state index is -4.49. The van der Waals surface area contributed by atoms with E-state index in [0.717, 1.165) is 17.0 Å². The maximum Gasteiger partial charge on any atom is 0.416 e. The molecule has 1 atom stereocenters. The van der Waals surface area contributed by atoms with E-state index in [4.69, 9.17) is 0 Å². The maximum atomic E-state index is 13.0. The number of carbonyl (C=O) groups excluding carboxylic acids is 2. The fourth-order valence-corrected chi connectivity index (χ4v) is 3.01. The Kier molecular flexibility index (Phi) is 4.63. The van der Waals surface area contributed by atoms with E-state index < -0.39 is 29.6 Å². The van der Waals surface area contributed by atoms with Crippen molar-refractivity contribution in [3.63, 3.8) is 0 Å². The Labute approximate surface area is 153 Å². The van der Waals surface area contributed by atoms with Gasteiger partial charge in [0.15, 0.2) is 0 Å². The molecule has 0 radical (unpaired) electrons. The van der Waals surface area contributed by atoms with Crippen molar-refractivity contribution >= 4 is 29.2 Å². The van der Waals surface area contributed by atoms with Gasteiger partial charge in [-0.2, -0.15) is 13.2 Å². The lowest BCUT2D eigenvalue weighted by molar-refractivity contribution is -0.137. The highest BCUT2D eigenvalue weighted by molar-refractivity contribution is 6.33. The molecule has 3 amide bonds. The topological polar surface area (TPSA) is 65.3 Å². The number of allylic oxidation sites excluding steroid dienone is 1. The van der Waals surface area contributed by atoms with Gasteiger partial charge in [0.2, 0.25) is 5.91 Å². The summed E-state index contributed by atoms with van der Waals surface area (Å²) in [5.41, 5.74) is 0.189. The fraction of sp³-hybridized carbons (Fsp3) is 0.333. The predicted molar refractivity (Wildman–Crippen MR) is 93.8 cm³/mol. The summed E-state index contributed by atoms with van der Waals surface area (Å²) in [6, 6.07) is 4.06. The van der Waals surface area contributed by atoms with E-state index in [1.54, 1.807) is 0 Å². The number of benzene rings is 1. The molecule has 3 rings (SSSR count). The highest BCUT2D eigenvalue weighted by Gasteiger charge is 2.45. The van der Waals surface area contributed by atoms with E-state index in [2.05, 4.69) is 9.98 Å². The van der Waals surface area contributed by atoms with Crippen LogP contribution in [-0.4, -0.2) is 47.4 Å². The SMILES string of the molecule is CCC1=CN=C2C(C(=O)N(C)C(=O)N2C)C1=Nc1cccc(C(F)(F)F)c1. The van der Waals surface area contributed by atoms with E-state index in [9.17, 15) is 22.8 Å². The van der Waals surface area contributed by atoms with Gasteiger partial charge in [-0.1, -0.05) is 13.0 Å². The van der Waals surface area contributed by atoms with Gasteiger partial charge in [-0.05, 0) is 30.2 Å². The van der Waals surface area contributed by atoms with Gasteiger partial charge in [0, 0.05) is 20.3 Å². The lowest BCUT2D eigenvalue weighted by Gasteiger charge is -2.37. The number of halogens is 3. The van der Waals surface area contributed by atoms with Crippen LogP contribution in [0.2, 0.25) is 0 Å². The lowest BCUT2D eigenvalue weighted by atomic mass is 9.89. The summed E-state index contributed by atoms with van der Waals surface area (Å²) in [6.45, 7) is 1.83. The number of amides is 3. The van der Waals surface area contributed by atoms with E-state index in [0.29, 0.717) is 17.7 Å². The number of nitrogens with zero attached hydrogens (tertiary/aromatic N) is 4. The molecule has 0 aliphatic carbocycles. The Bertz CT molecular complexity index is 902. The molecule has 2 aliphatic rings. The second-order valence-corrected chi connectivity index (χ2v) is 6.21. The molecule has 2 aliphatic heterocycles. The molecule has 0 spiro atoms. The van der Waals surface area contributed by atoms with Crippen molar-refractivity contribution < 1.29 is 22.8 Å². The second kappa shape index (κ2) is 6.64. The Morgan fingerprint density at radius 1 is 1.19 bits per heavy atom. The Hall–Kier alpha value is -2.97. The van der Waals surface area contributed by atoms with Crippen LogP contribution < -0.4 is 0 Å². The minimum Gasteiger partial charge on any atom is -0.284 e. The van der Waals surface area contributed by atoms with Crippen molar-refractivity contribution in [2.45, 2.75) is 19.5 Å². The molecule has 0 aromatic heterocycles. The van der Waals surface area contributed by atoms with Gasteiger partial charge in [-0.3, -0.25) is 19.6 Å².